The van der Waals surface area contributed by atoms with Gasteiger partial charge in [0, 0.05) is 41.1 Å². The third-order valence-electron chi connectivity index (χ3n) is 4.10. The highest BCUT2D eigenvalue weighted by Gasteiger charge is 2.09. The highest BCUT2D eigenvalue weighted by atomic mass is 32.1. The lowest BCUT2D eigenvalue weighted by molar-refractivity contribution is 0.909. The van der Waals surface area contributed by atoms with Gasteiger partial charge in [-0.15, -0.1) is 11.3 Å². The summed E-state index contributed by atoms with van der Waals surface area (Å²) in [4.78, 5) is 31.3. The SMILES string of the molecule is CCc1ncc(CN(C)c2ccc(-c3nc(C)c(C)c(=O)[nH]3)cn2)s1. The van der Waals surface area contributed by atoms with Crippen molar-refractivity contribution in [2.45, 2.75) is 33.7 Å². The van der Waals surface area contributed by atoms with Crippen molar-refractivity contribution in [1.82, 2.24) is 19.9 Å². The Bertz CT molecular complexity index is 929. The second-order valence-electron chi connectivity index (χ2n) is 5.96. The molecule has 0 unspecified atom stereocenters. The number of hydrogen-bond acceptors (Lipinski definition) is 6. The molecule has 0 aliphatic carbocycles. The van der Waals surface area contributed by atoms with Gasteiger partial charge in [0.25, 0.3) is 5.56 Å². The molecule has 130 valence electrons. The van der Waals surface area contributed by atoms with Gasteiger partial charge in [-0.1, -0.05) is 6.92 Å². The van der Waals surface area contributed by atoms with Crippen molar-refractivity contribution in [3.05, 3.63) is 56.0 Å². The molecule has 3 heterocycles. The molecule has 7 heteroatoms. The number of H-pyrrole nitrogens is 1. The predicted octanol–water partition coefficient (Wildman–Crippen LogP) is 3.10. The standard InChI is InChI=1S/C18H21N5OS/c1-5-16-20-9-14(25-16)10-23(4)15-7-6-13(8-19-15)17-21-12(3)11(2)18(24)22-17/h6-9H,5,10H2,1-4H3,(H,21,22,24). The zero-order valence-electron chi connectivity index (χ0n) is 14.8. The molecule has 1 N–H and O–H groups in total. The van der Waals surface area contributed by atoms with Crippen LogP contribution in [0.4, 0.5) is 5.82 Å². The fraction of sp³-hybridized carbons (Fsp3) is 0.333. The topological polar surface area (TPSA) is 74.8 Å². The smallest absolute Gasteiger partial charge is 0.254 e. The fourth-order valence-electron chi connectivity index (χ4n) is 2.43. The molecule has 0 aliphatic heterocycles. The third-order valence-corrected chi connectivity index (χ3v) is 5.23. The lowest BCUT2D eigenvalue weighted by atomic mass is 10.2. The van der Waals surface area contributed by atoms with E-state index in [0.29, 0.717) is 11.4 Å². The number of pyridine rings is 1. The Hall–Kier alpha value is -2.54. The van der Waals surface area contributed by atoms with Crippen LogP contribution in [0.5, 0.6) is 0 Å². The van der Waals surface area contributed by atoms with Gasteiger partial charge in [-0.3, -0.25) is 4.79 Å². The molecule has 3 rings (SSSR count). The fourth-order valence-corrected chi connectivity index (χ4v) is 3.35. The molecule has 0 atom stereocenters. The molecule has 0 saturated heterocycles. The van der Waals surface area contributed by atoms with Crippen molar-refractivity contribution in [3.63, 3.8) is 0 Å². The maximum Gasteiger partial charge on any atom is 0.254 e. The molecule has 3 aromatic heterocycles. The average molecular weight is 355 g/mol. The predicted molar refractivity (Wildman–Crippen MR) is 101 cm³/mol. The number of anilines is 1. The highest BCUT2D eigenvalue weighted by molar-refractivity contribution is 7.11. The zero-order valence-corrected chi connectivity index (χ0v) is 15.6. The molecule has 6 nitrogen and oxygen atoms in total. The Labute approximate surface area is 150 Å². The summed E-state index contributed by atoms with van der Waals surface area (Å²) in [6.07, 6.45) is 4.63. The van der Waals surface area contributed by atoms with Crippen LogP contribution in [-0.4, -0.2) is 27.0 Å². The Morgan fingerprint density at radius 1 is 1.20 bits per heavy atom. The Balaban J connectivity index is 1.78. The number of nitrogens with zero attached hydrogens (tertiary/aromatic N) is 4. The van der Waals surface area contributed by atoms with E-state index in [9.17, 15) is 4.79 Å². The van der Waals surface area contributed by atoms with Crippen LogP contribution in [0, 0.1) is 13.8 Å². The number of aromatic nitrogens is 4. The van der Waals surface area contributed by atoms with Gasteiger partial charge in [0.15, 0.2) is 0 Å². The highest BCUT2D eigenvalue weighted by Crippen LogP contribution is 2.20. The van der Waals surface area contributed by atoms with Crippen molar-refractivity contribution in [2.75, 3.05) is 11.9 Å². The monoisotopic (exact) mass is 355 g/mol. The Morgan fingerprint density at radius 2 is 2.00 bits per heavy atom. The first-order chi connectivity index (χ1) is 12.0. The van der Waals surface area contributed by atoms with Crippen molar-refractivity contribution in [1.29, 1.82) is 0 Å². The van der Waals surface area contributed by atoms with Gasteiger partial charge in [-0.25, -0.2) is 15.0 Å². The first-order valence-electron chi connectivity index (χ1n) is 8.16. The minimum atomic E-state index is -0.111. The summed E-state index contributed by atoms with van der Waals surface area (Å²) in [6.45, 7) is 6.48. The lowest BCUT2D eigenvalue weighted by Crippen LogP contribution is -2.17. The van der Waals surface area contributed by atoms with E-state index in [1.807, 2.05) is 32.3 Å². The molecular weight excluding hydrogens is 334 g/mol. The van der Waals surface area contributed by atoms with E-state index in [2.05, 4.69) is 31.8 Å². The molecule has 0 spiro atoms. The molecular formula is C18H21N5OS. The quantitative estimate of drug-likeness (QED) is 0.761. The van der Waals surface area contributed by atoms with Gasteiger partial charge in [-0.05, 0) is 32.4 Å². The molecule has 0 bridgehead atoms. The van der Waals surface area contributed by atoms with Gasteiger partial charge in [-0.2, -0.15) is 0 Å². The van der Waals surface area contributed by atoms with E-state index in [-0.39, 0.29) is 5.56 Å². The van der Waals surface area contributed by atoms with Crippen molar-refractivity contribution >= 4 is 17.2 Å². The maximum absolute atomic E-state index is 11.9. The van der Waals surface area contributed by atoms with Crippen LogP contribution in [0.3, 0.4) is 0 Å². The summed E-state index contributed by atoms with van der Waals surface area (Å²) >= 11 is 1.73. The molecule has 0 amide bonds. The summed E-state index contributed by atoms with van der Waals surface area (Å²) in [5.41, 5.74) is 2.06. The number of nitrogens with one attached hydrogen (secondary N) is 1. The molecule has 3 aromatic rings. The van der Waals surface area contributed by atoms with Crippen molar-refractivity contribution in [3.8, 4) is 11.4 Å². The van der Waals surface area contributed by atoms with Gasteiger partial charge < -0.3 is 9.88 Å². The van der Waals surface area contributed by atoms with Crippen LogP contribution in [0.2, 0.25) is 0 Å². The van der Waals surface area contributed by atoms with Gasteiger partial charge in [0.2, 0.25) is 0 Å². The first-order valence-corrected chi connectivity index (χ1v) is 8.98. The van der Waals surface area contributed by atoms with Crippen LogP contribution in [0.15, 0.2) is 29.3 Å². The summed E-state index contributed by atoms with van der Waals surface area (Å²) in [5, 5.41) is 1.15. The summed E-state index contributed by atoms with van der Waals surface area (Å²) in [5.74, 6) is 1.41. The Kier molecular flexibility index (Phi) is 4.94. The van der Waals surface area contributed by atoms with E-state index < -0.39 is 0 Å². The third kappa shape index (κ3) is 3.76. The van der Waals surface area contributed by atoms with E-state index in [1.165, 1.54) is 4.88 Å². The second kappa shape index (κ2) is 7.14. The normalized spacial score (nSPS) is 10.9. The van der Waals surface area contributed by atoms with Crippen LogP contribution in [0.25, 0.3) is 11.4 Å². The van der Waals surface area contributed by atoms with Gasteiger partial charge in [0.1, 0.15) is 11.6 Å². The molecule has 0 radical (unpaired) electrons. The van der Waals surface area contributed by atoms with Crippen LogP contribution in [-0.2, 0) is 13.0 Å². The summed E-state index contributed by atoms with van der Waals surface area (Å²) in [6, 6.07) is 3.86. The summed E-state index contributed by atoms with van der Waals surface area (Å²) in [7, 11) is 2.00. The zero-order chi connectivity index (χ0) is 18.0. The Morgan fingerprint density at radius 3 is 2.60 bits per heavy atom. The van der Waals surface area contributed by atoms with Crippen LogP contribution in [0.1, 0.15) is 28.1 Å². The van der Waals surface area contributed by atoms with E-state index in [0.717, 1.165) is 35.0 Å². The number of hydrogen-bond donors (Lipinski definition) is 1. The largest absolute Gasteiger partial charge is 0.354 e. The van der Waals surface area contributed by atoms with Crippen LogP contribution < -0.4 is 10.5 Å². The van der Waals surface area contributed by atoms with Gasteiger partial charge >= 0.3 is 0 Å². The number of rotatable bonds is 5. The second-order valence-corrected chi connectivity index (χ2v) is 7.16. The summed E-state index contributed by atoms with van der Waals surface area (Å²) < 4.78 is 0. The maximum atomic E-state index is 11.9. The molecule has 0 aromatic carbocycles. The van der Waals surface area contributed by atoms with E-state index in [1.54, 1.807) is 24.5 Å². The molecule has 0 fully saturated rings. The number of thiazole rings is 1. The number of aryl methyl sites for hydroxylation is 2. The lowest BCUT2D eigenvalue weighted by Gasteiger charge is -2.17. The molecule has 0 saturated carbocycles. The van der Waals surface area contributed by atoms with Crippen molar-refractivity contribution < 1.29 is 0 Å². The molecule has 25 heavy (non-hydrogen) atoms. The van der Waals surface area contributed by atoms with Crippen LogP contribution >= 0.6 is 11.3 Å². The number of aromatic amines is 1. The van der Waals surface area contributed by atoms with Crippen molar-refractivity contribution in [2.24, 2.45) is 0 Å². The first kappa shape index (κ1) is 17.3. The molecule has 0 aliphatic rings. The minimum Gasteiger partial charge on any atom is -0.354 e. The van der Waals surface area contributed by atoms with Gasteiger partial charge in [0.05, 0.1) is 11.6 Å². The minimum absolute atomic E-state index is 0.111. The van der Waals surface area contributed by atoms with E-state index >= 15 is 0 Å². The average Bonchev–Trinajstić information content (AvgIpc) is 3.07. The van der Waals surface area contributed by atoms with E-state index in [4.69, 9.17) is 0 Å².